The molecule has 38 heavy (non-hydrogen) atoms. The van der Waals surface area contributed by atoms with Crippen molar-refractivity contribution < 1.29 is 36.9 Å². The molecule has 6 nitrogen and oxygen atoms in total. The van der Waals surface area contributed by atoms with Gasteiger partial charge in [-0.25, -0.2) is 0 Å². The van der Waals surface area contributed by atoms with E-state index in [9.17, 15) is 18.0 Å². The van der Waals surface area contributed by atoms with E-state index in [1.165, 1.54) is 21.3 Å². The lowest BCUT2D eigenvalue weighted by Gasteiger charge is -2.38. The van der Waals surface area contributed by atoms with E-state index in [1.807, 2.05) is 42.5 Å². The number of nitrogens with zero attached hydrogens (tertiary/aromatic N) is 1. The number of halogens is 3. The van der Waals surface area contributed by atoms with Gasteiger partial charge in [0.15, 0.2) is 23.0 Å². The summed E-state index contributed by atoms with van der Waals surface area (Å²) in [4.78, 5) is 13.3. The number of carbonyl (C=O) groups is 1. The van der Waals surface area contributed by atoms with Crippen molar-refractivity contribution in [3.05, 3.63) is 82.9 Å². The molecule has 3 aromatic rings. The number of benzene rings is 3. The summed E-state index contributed by atoms with van der Waals surface area (Å²) in [5.74, 6) is 0.144. The van der Waals surface area contributed by atoms with Crippen molar-refractivity contribution in [2.45, 2.75) is 38.1 Å². The first-order chi connectivity index (χ1) is 18.2. The highest BCUT2D eigenvalue weighted by Crippen LogP contribution is 2.42. The van der Waals surface area contributed by atoms with E-state index in [-0.39, 0.29) is 19.4 Å². The Morgan fingerprint density at radius 3 is 2.21 bits per heavy atom. The molecule has 3 aromatic carbocycles. The van der Waals surface area contributed by atoms with E-state index in [0.29, 0.717) is 41.6 Å². The van der Waals surface area contributed by atoms with Crippen LogP contribution in [0.5, 0.6) is 23.0 Å². The minimum Gasteiger partial charge on any atom is -0.493 e. The molecule has 1 atom stereocenters. The molecular formula is C29H30F3NO5. The number of ether oxygens (including phenoxy) is 4. The van der Waals surface area contributed by atoms with Crippen molar-refractivity contribution in [2.24, 2.45) is 0 Å². The molecule has 0 saturated carbocycles. The fourth-order valence-corrected chi connectivity index (χ4v) is 4.77. The van der Waals surface area contributed by atoms with Crippen molar-refractivity contribution in [3.8, 4) is 23.0 Å². The second-order valence-electron chi connectivity index (χ2n) is 8.97. The molecule has 1 aliphatic heterocycles. The van der Waals surface area contributed by atoms with Crippen LogP contribution in [-0.2, 0) is 24.2 Å². The van der Waals surface area contributed by atoms with Crippen molar-refractivity contribution in [1.82, 2.24) is 4.90 Å². The maximum atomic E-state index is 13.5. The number of amides is 1. The summed E-state index contributed by atoms with van der Waals surface area (Å²) in [7, 11) is 4.53. The minimum atomic E-state index is -4.97. The quantitative estimate of drug-likeness (QED) is 0.345. The second kappa shape index (κ2) is 11.7. The van der Waals surface area contributed by atoms with Gasteiger partial charge < -0.3 is 23.8 Å². The number of rotatable bonds is 9. The molecular weight excluding hydrogens is 499 g/mol. The van der Waals surface area contributed by atoms with E-state index in [0.717, 1.165) is 21.6 Å². The third-order valence-corrected chi connectivity index (χ3v) is 6.68. The smallest absolute Gasteiger partial charge is 0.471 e. The Bertz CT molecular complexity index is 1260. The first-order valence-electron chi connectivity index (χ1n) is 12.2. The molecule has 1 amide bonds. The summed E-state index contributed by atoms with van der Waals surface area (Å²) in [5, 5.41) is 0. The largest absolute Gasteiger partial charge is 0.493 e. The van der Waals surface area contributed by atoms with E-state index < -0.39 is 18.1 Å². The van der Waals surface area contributed by atoms with Crippen LogP contribution in [-0.4, -0.2) is 44.9 Å². The monoisotopic (exact) mass is 529 g/mol. The number of aryl methyl sites for hydroxylation is 1. The van der Waals surface area contributed by atoms with Crippen LogP contribution in [0.2, 0.25) is 0 Å². The first kappa shape index (κ1) is 27.2. The molecule has 1 heterocycles. The molecule has 1 unspecified atom stereocenters. The van der Waals surface area contributed by atoms with Gasteiger partial charge in [-0.2, -0.15) is 13.2 Å². The Morgan fingerprint density at radius 1 is 0.868 bits per heavy atom. The van der Waals surface area contributed by atoms with Crippen LogP contribution in [0.1, 0.15) is 34.7 Å². The molecule has 0 aliphatic carbocycles. The predicted octanol–water partition coefficient (Wildman–Crippen LogP) is 5.91. The summed E-state index contributed by atoms with van der Waals surface area (Å²) in [6, 6.07) is 17.7. The van der Waals surface area contributed by atoms with Gasteiger partial charge in [0.1, 0.15) is 6.61 Å². The van der Waals surface area contributed by atoms with Gasteiger partial charge in [0, 0.05) is 6.54 Å². The minimum absolute atomic E-state index is 0.0492. The Morgan fingerprint density at radius 2 is 1.55 bits per heavy atom. The van der Waals surface area contributed by atoms with Gasteiger partial charge in [0.2, 0.25) is 0 Å². The second-order valence-corrected chi connectivity index (χ2v) is 8.97. The average molecular weight is 530 g/mol. The Kier molecular flexibility index (Phi) is 8.34. The van der Waals surface area contributed by atoms with E-state index >= 15 is 0 Å². The molecule has 1 aliphatic rings. The van der Waals surface area contributed by atoms with Crippen LogP contribution in [0.15, 0.2) is 60.7 Å². The van der Waals surface area contributed by atoms with Gasteiger partial charge in [-0.05, 0) is 65.8 Å². The molecule has 0 aromatic heterocycles. The van der Waals surface area contributed by atoms with Crippen molar-refractivity contribution >= 4 is 5.91 Å². The zero-order valence-electron chi connectivity index (χ0n) is 21.5. The number of alkyl halides is 3. The number of methoxy groups -OCH3 is 3. The first-order valence-corrected chi connectivity index (χ1v) is 12.2. The van der Waals surface area contributed by atoms with Gasteiger partial charge in [0.25, 0.3) is 0 Å². The van der Waals surface area contributed by atoms with E-state index in [1.54, 1.807) is 18.2 Å². The third-order valence-electron chi connectivity index (χ3n) is 6.68. The zero-order chi connectivity index (χ0) is 27.3. The van der Waals surface area contributed by atoms with Gasteiger partial charge in [0.05, 0.1) is 27.4 Å². The Labute approximate surface area is 219 Å². The molecule has 0 spiro atoms. The highest BCUT2D eigenvalue weighted by Gasteiger charge is 2.46. The molecule has 0 radical (unpaired) electrons. The Hall–Kier alpha value is -3.88. The van der Waals surface area contributed by atoms with Crippen molar-refractivity contribution in [1.29, 1.82) is 0 Å². The van der Waals surface area contributed by atoms with Crippen molar-refractivity contribution in [3.63, 3.8) is 0 Å². The van der Waals surface area contributed by atoms with Crippen LogP contribution in [0.3, 0.4) is 0 Å². The van der Waals surface area contributed by atoms with Crippen LogP contribution in [0, 0.1) is 0 Å². The lowest BCUT2D eigenvalue weighted by atomic mass is 9.88. The fraction of sp³-hybridized carbons (Fsp3) is 0.345. The summed E-state index contributed by atoms with van der Waals surface area (Å²) < 4.78 is 62.8. The van der Waals surface area contributed by atoms with Gasteiger partial charge in [-0.3, -0.25) is 4.79 Å². The van der Waals surface area contributed by atoms with Gasteiger partial charge >= 0.3 is 12.1 Å². The van der Waals surface area contributed by atoms with Gasteiger partial charge in [-0.15, -0.1) is 0 Å². The number of hydrogen-bond donors (Lipinski definition) is 0. The SMILES string of the molecule is COc1ccc(CCC2c3cc(OC)c(OCc4ccccc4)cc3CCN2C(=O)C(F)(F)F)cc1OC. The summed E-state index contributed by atoms with van der Waals surface area (Å²) in [6.07, 6.45) is -4.00. The highest BCUT2D eigenvalue weighted by atomic mass is 19.4. The number of fused-ring (bicyclic) bond motifs is 1. The maximum Gasteiger partial charge on any atom is 0.471 e. The van der Waals surface area contributed by atoms with Gasteiger partial charge in [-0.1, -0.05) is 36.4 Å². The number of carbonyl (C=O) groups excluding carboxylic acids is 1. The average Bonchev–Trinajstić information content (AvgIpc) is 2.93. The summed E-state index contributed by atoms with van der Waals surface area (Å²) >= 11 is 0. The van der Waals surface area contributed by atoms with E-state index in [4.69, 9.17) is 18.9 Å². The molecule has 0 saturated heterocycles. The van der Waals surface area contributed by atoms with Crippen LogP contribution >= 0.6 is 0 Å². The summed E-state index contributed by atoms with van der Waals surface area (Å²) in [6.45, 7) is 0.268. The summed E-state index contributed by atoms with van der Waals surface area (Å²) in [5.41, 5.74) is 3.28. The normalized spacial score (nSPS) is 15.0. The fourth-order valence-electron chi connectivity index (χ4n) is 4.77. The molecule has 202 valence electrons. The Balaban J connectivity index is 1.65. The third kappa shape index (κ3) is 5.98. The molecule has 0 N–H and O–H groups in total. The molecule has 9 heteroatoms. The standard InChI is InChI=1S/C29H30F3NO5/c1-35-24-12-10-19(15-25(24)36-2)9-11-23-22-17-26(37-3)27(38-18-20-7-5-4-6-8-20)16-21(22)13-14-33(23)28(34)29(30,31)32/h4-8,10,12,15-17,23H,9,11,13-14,18H2,1-3H3. The molecule has 0 fully saturated rings. The topological polar surface area (TPSA) is 57.2 Å². The highest BCUT2D eigenvalue weighted by molar-refractivity contribution is 5.82. The molecule has 4 rings (SSSR count). The van der Waals surface area contributed by atoms with E-state index in [2.05, 4.69) is 0 Å². The van der Waals surface area contributed by atoms with Crippen LogP contribution in [0.4, 0.5) is 13.2 Å². The van der Waals surface area contributed by atoms with Crippen molar-refractivity contribution in [2.75, 3.05) is 27.9 Å². The lowest BCUT2D eigenvalue weighted by Crippen LogP contribution is -2.46. The zero-order valence-corrected chi connectivity index (χ0v) is 21.5. The number of hydrogen-bond acceptors (Lipinski definition) is 5. The predicted molar refractivity (Wildman–Crippen MR) is 136 cm³/mol. The molecule has 0 bridgehead atoms. The van der Waals surface area contributed by atoms with Crippen LogP contribution in [0.25, 0.3) is 0 Å². The lowest BCUT2D eigenvalue weighted by molar-refractivity contribution is -0.188. The maximum absolute atomic E-state index is 13.5. The van der Waals surface area contributed by atoms with Crippen LogP contribution < -0.4 is 18.9 Å².